The van der Waals surface area contributed by atoms with Crippen molar-refractivity contribution in [1.29, 1.82) is 0 Å². The van der Waals surface area contributed by atoms with Crippen molar-refractivity contribution in [2.45, 2.75) is 25.7 Å². The number of ether oxygens (including phenoxy) is 1. The van der Waals surface area contributed by atoms with E-state index in [2.05, 4.69) is 0 Å². The van der Waals surface area contributed by atoms with E-state index >= 15 is 0 Å². The van der Waals surface area contributed by atoms with Gasteiger partial charge in [0.2, 0.25) is 0 Å². The van der Waals surface area contributed by atoms with E-state index < -0.39 is 0 Å². The second kappa shape index (κ2) is 4.04. The average molecular weight is 220 g/mol. The highest BCUT2D eigenvalue weighted by Gasteiger charge is 2.27. The van der Waals surface area contributed by atoms with Gasteiger partial charge in [-0.1, -0.05) is 0 Å². The van der Waals surface area contributed by atoms with E-state index in [4.69, 9.17) is 16.2 Å². The van der Waals surface area contributed by atoms with Crippen LogP contribution in [-0.4, -0.2) is 12.6 Å². The van der Waals surface area contributed by atoms with Crippen LogP contribution in [0, 0.1) is 0 Å². The highest BCUT2D eigenvalue weighted by molar-refractivity contribution is 5.92. The molecule has 1 fully saturated rings. The SMILES string of the molecule is CCOC(=O)c1cc(N)c(N)c(C2CC2)c1. The topological polar surface area (TPSA) is 78.3 Å². The zero-order valence-corrected chi connectivity index (χ0v) is 9.32. The van der Waals surface area contributed by atoms with Gasteiger partial charge in [-0.15, -0.1) is 0 Å². The van der Waals surface area contributed by atoms with Crippen LogP contribution >= 0.6 is 0 Å². The number of nitrogens with two attached hydrogens (primary N) is 2. The Kier molecular flexibility index (Phi) is 2.73. The van der Waals surface area contributed by atoms with Gasteiger partial charge in [-0.2, -0.15) is 0 Å². The number of anilines is 2. The van der Waals surface area contributed by atoms with Crippen molar-refractivity contribution in [3.8, 4) is 0 Å². The molecule has 0 heterocycles. The average Bonchev–Trinajstić information content (AvgIpc) is 3.06. The van der Waals surface area contributed by atoms with Crippen LogP contribution in [0.5, 0.6) is 0 Å². The lowest BCUT2D eigenvalue weighted by Crippen LogP contribution is -2.08. The molecule has 0 bridgehead atoms. The number of rotatable bonds is 3. The van der Waals surface area contributed by atoms with Gasteiger partial charge in [0.25, 0.3) is 0 Å². The van der Waals surface area contributed by atoms with E-state index in [9.17, 15) is 4.79 Å². The van der Waals surface area contributed by atoms with E-state index in [0.29, 0.717) is 29.5 Å². The summed E-state index contributed by atoms with van der Waals surface area (Å²) in [6, 6.07) is 3.39. The molecule has 2 rings (SSSR count). The predicted molar refractivity (Wildman–Crippen MR) is 63.2 cm³/mol. The molecule has 0 radical (unpaired) electrons. The number of hydrogen-bond acceptors (Lipinski definition) is 4. The molecule has 0 saturated heterocycles. The van der Waals surface area contributed by atoms with Gasteiger partial charge in [0.15, 0.2) is 0 Å². The zero-order valence-electron chi connectivity index (χ0n) is 9.32. The number of hydrogen-bond donors (Lipinski definition) is 2. The summed E-state index contributed by atoms with van der Waals surface area (Å²) in [7, 11) is 0. The van der Waals surface area contributed by atoms with Gasteiger partial charge in [-0.25, -0.2) is 4.79 Å². The molecule has 4 heteroatoms. The van der Waals surface area contributed by atoms with Crippen LogP contribution in [0.4, 0.5) is 11.4 Å². The van der Waals surface area contributed by atoms with Gasteiger partial charge in [0.1, 0.15) is 0 Å². The van der Waals surface area contributed by atoms with Gasteiger partial charge in [-0.05, 0) is 43.4 Å². The Bertz CT molecular complexity index is 425. The Morgan fingerprint density at radius 3 is 2.69 bits per heavy atom. The van der Waals surface area contributed by atoms with E-state index in [-0.39, 0.29) is 5.97 Å². The minimum atomic E-state index is -0.337. The van der Waals surface area contributed by atoms with Crippen molar-refractivity contribution in [2.24, 2.45) is 0 Å². The van der Waals surface area contributed by atoms with Gasteiger partial charge >= 0.3 is 5.97 Å². The fourth-order valence-corrected chi connectivity index (χ4v) is 1.76. The molecule has 4 N–H and O–H groups in total. The van der Waals surface area contributed by atoms with E-state index in [0.717, 1.165) is 18.4 Å². The van der Waals surface area contributed by atoms with E-state index in [1.165, 1.54) is 0 Å². The molecule has 1 aromatic rings. The van der Waals surface area contributed by atoms with Crippen molar-refractivity contribution in [2.75, 3.05) is 18.1 Å². The maximum Gasteiger partial charge on any atom is 0.338 e. The Morgan fingerprint density at radius 2 is 2.12 bits per heavy atom. The lowest BCUT2D eigenvalue weighted by atomic mass is 10.0. The summed E-state index contributed by atoms with van der Waals surface area (Å²) in [6.45, 7) is 2.14. The molecule has 86 valence electrons. The second-order valence-electron chi connectivity index (χ2n) is 4.06. The Morgan fingerprint density at radius 1 is 1.44 bits per heavy atom. The molecule has 1 aromatic carbocycles. The fraction of sp³-hybridized carbons (Fsp3) is 0.417. The monoisotopic (exact) mass is 220 g/mol. The van der Waals surface area contributed by atoms with Crippen LogP contribution in [-0.2, 0) is 4.74 Å². The largest absolute Gasteiger partial charge is 0.462 e. The molecule has 0 spiro atoms. The molecule has 0 unspecified atom stereocenters. The van der Waals surface area contributed by atoms with Gasteiger partial charge in [-0.3, -0.25) is 0 Å². The molecular weight excluding hydrogens is 204 g/mol. The van der Waals surface area contributed by atoms with Crippen LogP contribution in [0.15, 0.2) is 12.1 Å². The first kappa shape index (κ1) is 10.8. The van der Waals surface area contributed by atoms with E-state index in [1.807, 2.05) is 0 Å². The summed E-state index contributed by atoms with van der Waals surface area (Å²) in [5, 5.41) is 0. The van der Waals surface area contributed by atoms with Crippen molar-refractivity contribution < 1.29 is 9.53 Å². The van der Waals surface area contributed by atoms with Crippen molar-refractivity contribution >= 4 is 17.3 Å². The summed E-state index contributed by atoms with van der Waals surface area (Å²) in [6.07, 6.45) is 2.24. The molecule has 4 nitrogen and oxygen atoms in total. The molecule has 0 aromatic heterocycles. The molecule has 1 saturated carbocycles. The quantitative estimate of drug-likeness (QED) is 0.602. The summed E-state index contributed by atoms with van der Waals surface area (Å²) in [5.41, 5.74) is 14.2. The molecule has 1 aliphatic rings. The van der Waals surface area contributed by atoms with Crippen molar-refractivity contribution in [1.82, 2.24) is 0 Å². The summed E-state index contributed by atoms with van der Waals surface area (Å²) < 4.78 is 4.94. The number of carbonyl (C=O) groups excluding carboxylic acids is 1. The van der Waals surface area contributed by atoms with Crippen molar-refractivity contribution in [3.63, 3.8) is 0 Å². The number of benzene rings is 1. The van der Waals surface area contributed by atoms with Crippen LogP contribution in [0.1, 0.15) is 41.6 Å². The number of esters is 1. The van der Waals surface area contributed by atoms with Crippen LogP contribution in [0.2, 0.25) is 0 Å². The highest BCUT2D eigenvalue weighted by atomic mass is 16.5. The molecular formula is C12H16N2O2. The third-order valence-electron chi connectivity index (χ3n) is 2.77. The maximum atomic E-state index is 11.6. The summed E-state index contributed by atoms with van der Waals surface area (Å²) in [5.74, 6) is 0.132. The van der Waals surface area contributed by atoms with E-state index in [1.54, 1.807) is 19.1 Å². The van der Waals surface area contributed by atoms with Crippen molar-refractivity contribution in [3.05, 3.63) is 23.3 Å². The molecule has 0 amide bonds. The highest BCUT2D eigenvalue weighted by Crippen LogP contribution is 2.44. The standard InChI is InChI=1S/C12H16N2O2/c1-2-16-12(15)8-5-9(7-3-4-7)11(14)10(13)6-8/h5-7H,2-4,13-14H2,1H3. The lowest BCUT2D eigenvalue weighted by molar-refractivity contribution is 0.0526. The maximum absolute atomic E-state index is 11.6. The summed E-state index contributed by atoms with van der Waals surface area (Å²) in [4.78, 5) is 11.6. The van der Waals surface area contributed by atoms with Gasteiger partial charge in [0, 0.05) is 0 Å². The molecule has 0 aliphatic heterocycles. The summed E-state index contributed by atoms with van der Waals surface area (Å²) >= 11 is 0. The normalized spacial score (nSPS) is 14.8. The fourth-order valence-electron chi connectivity index (χ4n) is 1.76. The first-order valence-corrected chi connectivity index (χ1v) is 5.49. The minimum Gasteiger partial charge on any atom is -0.462 e. The smallest absolute Gasteiger partial charge is 0.338 e. The Labute approximate surface area is 94.6 Å². The Hall–Kier alpha value is -1.71. The second-order valence-corrected chi connectivity index (χ2v) is 4.06. The number of carbonyl (C=O) groups is 1. The molecule has 0 atom stereocenters. The zero-order chi connectivity index (χ0) is 11.7. The van der Waals surface area contributed by atoms with Gasteiger partial charge < -0.3 is 16.2 Å². The predicted octanol–water partition coefficient (Wildman–Crippen LogP) is 1.91. The third-order valence-corrected chi connectivity index (χ3v) is 2.77. The first-order chi connectivity index (χ1) is 7.63. The first-order valence-electron chi connectivity index (χ1n) is 5.49. The van der Waals surface area contributed by atoms with Gasteiger partial charge in [0.05, 0.1) is 23.5 Å². The lowest BCUT2D eigenvalue weighted by Gasteiger charge is -2.10. The van der Waals surface area contributed by atoms with Crippen LogP contribution in [0.25, 0.3) is 0 Å². The van der Waals surface area contributed by atoms with Crippen LogP contribution in [0.3, 0.4) is 0 Å². The third kappa shape index (κ3) is 1.96. The minimum absolute atomic E-state index is 0.337. The number of nitrogen functional groups attached to an aromatic ring is 2. The van der Waals surface area contributed by atoms with Crippen LogP contribution < -0.4 is 11.5 Å². The molecule has 1 aliphatic carbocycles. The Balaban J connectivity index is 2.36. The molecule has 16 heavy (non-hydrogen) atoms.